The third-order valence-electron chi connectivity index (χ3n) is 3.06. The van der Waals surface area contributed by atoms with Crippen molar-refractivity contribution in [2.75, 3.05) is 0 Å². The molecule has 106 valence electrons. The second-order valence-electron chi connectivity index (χ2n) is 4.62. The monoisotopic (exact) mass is 350 g/mol. The van der Waals surface area contributed by atoms with Crippen LogP contribution in [0.3, 0.4) is 0 Å². The van der Waals surface area contributed by atoms with E-state index in [9.17, 15) is 13.6 Å². The lowest BCUT2D eigenvalue weighted by molar-refractivity contribution is 0.576. The van der Waals surface area contributed by atoms with Crippen molar-refractivity contribution in [1.82, 2.24) is 9.55 Å². The number of aromatic nitrogens is 2. The lowest BCUT2D eigenvalue weighted by Crippen LogP contribution is -2.21. The van der Waals surface area contributed by atoms with Crippen molar-refractivity contribution in [3.8, 4) is 0 Å². The van der Waals surface area contributed by atoms with Crippen molar-refractivity contribution in [1.29, 1.82) is 0 Å². The van der Waals surface area contributed by atoms with Gasteiger partial charge in [-0.15, -0.1) is 0 Å². The van der Waals surface area contributed by atoms with Crippen molar-refractivity contribution < 1.29 is 8.78 Å². The molecule has 0 spiro atoms. The van der Waals surface area contributed by atoms with Gasteiger partial charge in [0.15, 0.2) is 0 Å². The van der Waals surface area contributed by atoms with Gasteiger partial charge in [0.25, 0.3) is 5.56 Å². The summed E-state index contributed by atoms with van der Waals surface area (Å²) < 4.78 is 28.5. The zero-order chi connectivity index (χ0) is 15.0. The highest BCUT2D eigenvalue weighted by Crippen LogP contribution is 2.15. The molecule has 0 aliphatic heterocycles. The lowest BCUT2D eigenvalue weighted by Gasteiger charge is -2.07. The minimum Gasteiger partial charge on any atom is -0.294 e. The molecule has 0 radical (unpaired) electrons. The quantitative estimate of drug-likeness (QED) is 0.709. The molecular weight excluding hydrogens is 342 g/mol. The summed E-state index contributed by atoms with van der Waals surface area (Å²) in [5.41, 5.74) is 0.682. The average Bonchev–Trinajstić information content (AvgIpc) is 2.41. The fraction of sp³-hybridized carbons (Fsp3) is 0.0667. The molecule has 0 amide bonds. The van der Waals surface area contributed by atoms with Crippen LogP contribution in [0.25, 0.3) is 10.9 Å². The van der Waals surface area contributed by atoms with Crippen molar-refractivity contribution in [2.24, 2.45) is 0 Å². The molecule has 0 unspecified atom stereocenters. The smallest absolute Gasteiger partial charge is 0.261 e. The molecule has 0 atom stereocenters. The van der Waals surface area contributed by atoms with Gasteiger partial charge in [0.2, 0.25) is 0 Å². The summed E-state index contributed by atoms with van der Waals surface area (Å²) in [7, 11) is 0. The first-order valence-electron chi connectivity index (χ1n) is 6.12. The molecule has 0 N–H and O–H groups in total. The molecule has 1 aromatic heterocycles. The maximum atomic E-state index is 13.2. The van der Waals surface area contributed by atoms with Crippen LogP contribution in [-0.2, 0) is 6.54 Å². The van der Waals surface area contributed by atoms with E-state index in [0.29, 0.717) is 16.5 Å². The van der Waals surface area contributed by atoms with Crippen LogP contribution >= 0.6 is 15.9 Å². The Balaban J connectivity index is 2.07. The number of nitrogens with zero attached hydrogens (tertiary/aromatic N) is 2. The first-order chi connectivity index (χ1) is 10.0. The predicted molar refractivity (Wildman–Crippen MR) is 79.2 cm³/mol. The average molecular weight is 351 g/mol. The molecule has 0 fully saturated rings. The van der Waals surface area contributed by atoms with E-state index in [2.05, 4.69) is 20.9 Å². The molecule has 3 nitrogen and oxygen atoms in total. The van der Waals surface area contributed by atoms with Crippen LogP contribution in [-0.4, -0.2) is 9.55 Å². The fourth-order valence-corrected chi connectivity index (χ4v) is 2.49. The Morgan fingerprint density at radius 2 is 1.81 bits per heavy atom. The molecule has 6 heteroatoms. The zero-order valence-electron chi connectivity index (χ0n) is 10.7. The normalized spacial score (nSPS) is 11.0. The molecule has 0 saturated heterocycles. The van der Waals surface area contributed by atoms with Gasteiger partial charge in [-0.05, 0) is 35.9 Å². The van der Waals surface area contributed by atoms with E-state index in [1.165, 1.54) is 23.0 Å². The largest absolute Gasteiger partial charge is 0.294 e. The molecule has 1 heterocycles. The van der Waals surface area contributed by atoms with Crippen molar-refractivity contribution in [2.45, 2.75) is 6.54 Å². The van der Waals surface area contributed by atoms with Crippen LogP contribution in [0.4, 0.5) is 8.78 Å². The van der Waals surface area contributed by atoms with Gasteiger partial charge in [0.05, 0.1) is 23.8 Å². The van der Waals surface area contributed by atoms with Crippen LogP contribution < -0.4 is 5.56 Å². The van der Waals surface area contributed by atoms with Gasteiger partial charge in [-0.2, -0.15) is 0 Å². The van der Waals surface area contributed by atoms with E-state index in [1.807, 2.05) is 0 Å². The van der Waals surface area contributed by atoms with Gasteiger partial charge < -0.3 is 0 Å². The van der Waals surface area contributed by atoms with Gasteiger partial charge in [0.1, 0.15) is 11.6 Å². The summed E-state index contributed by atoms with van der Waals surface area (Å²) >= 11 is 3.31. The van der Waals surface area contributed by atoms with E-state index in [4.69, 9.17) is 0 Å². The number of rotatable bonds is 2. The molecule has 2 aromatic carbocycles. The van der Waals surface area contributed by atoms with Gasteiger partial charge in [-0.3, -0.25) is 9.36 Å². The van der Waals surface area contributed by atoms with E-state index in [-0.39, 0.29) is 12.1 Å². The van der Waals surface area contributed by atoms with Gasteiger partial charge in [0, 0.05) is 10.5 Å². The zero-order valence-corrected chi connectivity index (χ0v) is 12.3. The van der Waals surface area contributed by atoms with Crippen LogP contribution in [0.1, 0.15) is 5.56 Å². The molecular formula is C15H9BrF2N2O. The van der Waals surface area contributed by atoms with Crippen LogP contribution in [0.15, 0.2) is 52.0 Å². The molecule has 0 saturated carbocycles. The predicted octanol–water partition coefficient (Wildman–Crippen LogP) is 3.49. The highest BCUT2D eigenvalue weighted by molar-refractivity contribution is 9.10. The summed E-state index contributed by atoms with van der Waals surface area (Å²) in [5.74, 6) is -1.34. The molecule has 0 aliphatic carbocycles. The van der Waals surface area contributed by atoms with Crippen LogP contribution in [0.2, 0.25) is 0 Å². The minimum absolute atomic E-state index is 0.0620. The molecule has 3 aromatic rings. The third kappa shape index (κ3) is 2.85. The fourth-order valence-electron chi connectivity index (χ4n) is 2.14. The third-order valence-corrected chi connectivity index (χ3v) is 3.56. The van der Waals surface area contributed by atoms with E-state index >= 15 is 0 Å². The second-order valence-corrected chi connectivity index (χ2v) is 5.53. The summed E-state index contributed by atoms with van der Waals surface area (Å²) in [5, 5.41) is 0.456. The summed E-state index contributed by atoms with van der Waals surface area (Å²) in [6.45, 7) is 0.0620. The van der Waals surface area contributed by atoms with Gasteiger partial charge in [-0.1, -0.05) is 15.9 Å². The molecule has 21 heavy (non-hydrogen) atoms. The SMILES string of the molecule is O=c1c2ccc(Br)cc2ncn1Cc1cc(F)cc(F)c1. The molecule has 3 rings (SSSR count). The topological polar surface area (TPSA) is 34.9 Å². The Hall–Kier alpha value is -2.08. The number of halogens is 3. The maximum Gasteiger partial charge on any atom is 0.261 e. The van der Waals surface area contributed by atoms with Gasteiger partial charge in [-0.25, -0.2) is 13.8 Å². The Kier molecular flexibility index (Phi) is 3.55. The van der Waals surface area contributed by atoms with Crippen LogP contribution in [0, 0.1) is 11.6 Å². The summed E-state index contributed by atoms with van der Waals surface area (Å²) in [6.07, 6.45) is 1.37. The maximum absolute atomic E-state index is 13.2. The molecule has 0 aliphatic rings. The Morgan fingerprint density at radius 3 is 2.52 bits per heavy atom. The Bertz CT molecular complexity index is 872. The van der Waals surface area contributed by atoms with Crippen molar-refractivity contribution in [3.05, 3.63) is 74.7 Å². The second kappa shape index (κ2) is 5.37. The number of hydrogen-bond acceptors (Lipinski definition) is 2. The highest BCUT2D eigenvalue weighted by Gasteiger charge is 2.07. The lowest BCUT2D eigenvalue weighted by atomic mass is 10.2. The number of hydrogen-bond donors (Lipinski definition) is 0. The standard InChI is InChI=1S/C15H9BrF2N2O/c16-10-1-2-13-14(5-10)19-8-20(15(13)21)7-9-3-11(17)6-12(18)4-9/h1-6,8H,7H2. The number of fused-ring (bicyclic) bond motifs is 1. The summed E-state index contributed by atoms with van der Waals surface area (Å²) in [4.78, 5) is 16.5. The van der Waals surface area contributed by atoms with E-state index < -0.39 is 11.6 Å². The van der Waals surface area contributed by atoms with Crippen molar-refractivity contribution >= 4 is 26.8 Å². The van der Waals surface area contributed by atoms with Gasteiger partial charge >= 0.3 is 0 Å². The molecule has 0 bridgehead atoms. The Labute approximate surface area is 127 Å². The Morgan fingerprint density at radius 1 is 1.10 bits per heavy atom. The van der Waals surface area contributed by atoms with Crippen LogP contribution in [0.5, 0.6) is 0 Å². The first-order valence-corrected chi connectivity index (χ1v) is 6.92. The number of benzene rings is 2. The first kappa shape index (κ1) is 13.9. The van der Waals surface area contributed by atoms with Crippen molar-refractivity contribution in [3.63, 3.8) is 0 Å². The highest BCUT2D eigenvalue weighted by atomic mass is 79.9. The minimum atomic E-state index is -0.671. The van der Waals surface area contributed by atoms with E-state index in [0.717, 1.165) is 10.5 Å². The van der Waals surface area contributed by atoms with E-state index in [1.54, 1.807) is 18.2 Å². The summed E-state index contributed by atoms with van der Waals surface area (Å²) in [6, 6.07) is 8.34.